The van der Waals surface area contributed by atoms with Crippen molar-refractivity contribution >= 4 is 5.97 Å². The minimum absolute atomic E-state index is 0.0530. The molecule has 1 aromatic rings. The van der Waals surface area contributed by atoms with E-state index in [9.17, 15) is 9.59 Å². The van der Waals surface area contributed by atoms with E-state index >= 15 is 0 Å². The first-order valence-corrected chi connectivity index (χ1v) is 6.28. The molecule has 0 aliphatic rings. The first-order valence-electron chi connectivity index (χ1n) is 6.28. The van der Waals surface area contributed by atoms with Gasteiger partial charge in [0.2, 0.25) is 0 Å². The summed E-state index contributed by atoms with van der Waals surface area (Å²) in [5, 5.41) is 0. The molecule has 0 spiro atoms. The topological polar surface area (TPSA) is 69.7 Å². The molecule has 0 unspecified atom stereocenters. The molecule has 19 heavy (non-hydrogen) atoms. The van der Waals surface area contributed by atoms with Crippen molar-refractivity contribution in [2.75, 3.05) is 0 Å². The monoisotopic (exact) mass is 270 g/mol. The van der Waals surface area contributed by atoms with Crippen molar-refractivity contribution < 1.29 is 18.4 Å². The molecular formula is C14H22O5. The van der Waals surface area contributed by atoms with Gasteiger partial charge in [-0.1, -0.05) is 20.8 Å². The van der Waals surface area contributed by atoms with E-state index in [1.807, 2.05) is 20.8 Å². The average molecular weight is 270 g/mol. The van der Waals surface area contributed by atoms with Crippen molar-refractivity contribution in [2.24, 2.45) is 10.8 Å². The predicted octanol–water partition coefficient (Wildman–Crippen LogP) is 2.91. The Bertz CT molecular complexity index is 493. The Hall–Kier alpha value is -1.52. The molecule has 0 aliphatic carbocycles. The Balaban J connectivity index is 2.79. The average Bonchev–Trinajstić information content (AvgIpc) is 2.51. The summed E-state index contributed by atoms with van der Waals surface area (Å²) in [5.74, 6) is -0.379. The van der Waals surface area contributed by atoms with Gasteiger partial charge in [-0.15, -0.1) is 0 Å². The maximum Gasteiger partial charge on any atom is 0.519 e. The highest BCUT2D eigenvalue weighted by Gasteiger charge is 2.25. The molecule has 1 aromatic heterocycles. The first kappa shape index (κ1) is 15.5. The second kappa shape index (κ2) is 5.23. The van der Waals surface area contributed by atoms with Crippen LogP contribution in [0.4, 0.5) is 0 Å². The number of carbonyl (C=O) groups is 1. The Morgan fingerprint density at radius 2 is 1.58 bits per heavy atom. The number of esters is 1. The van der Waals surface area contributed by atoms with Gasteiger partial charge in [0.25, 0.3) is 0 Å². The van der Waals surface area contributed by atoms with E-state index in [0.29, 0.717) is 12.2 Å². The highest BCUT2D eigenvalue weighted by Crippen LogP contribution is 2.23. The summed E-state index contributed by atoms with van der Waals surface area (Å²) in [4.78, 5) is 22.8. The zero-order chi connectivity index (χ0) is 14.8. The maximum absolute atomic E-state index is 11.7. The lowest BCUT2D eigenvalue weighted by Crippen LogP contribution is -2.23. The lowest BCUT2D eigenvalue weighted by molar-refractivity contribution is -0.154. The third-order valence-corrected chi connectivity index (χ3v) is 2.36. The summed E-state index contributed by atoms with van der Waals surface area (Å²) in [7, 11) is 0. The second-order valence-electron chi connectivity index (χ2n) is 6.86. The Kier molecular flexibility index (Phi) is 4.28. The number of hydrogen-bond donors (Lipinski definition) is 0. The van der Waals surface area contributed by atoms with Crippen molar-refractivity contribution in [3.8, 4) is 0 Å². The third-order valence-electron chi connectivity index (χ3n) is 2.36. The summed E-state index contributed by atoms with van der Waals surface area (Å²) in [5.41, 5.74) is -0.642. The highest BCUT2D eigenvalue weighted by atomic mass is 16.6. The molecule has 0 aliphatic heterocycles. The quantitative estimate of drug-likeness (QED) is 0.790. The van der Waals surface area contributed by atoms with E-state index in [2.05, 4.69) is 0 Å². The molecular weight excluding hydrogens is 248 g/mol. The highest BCUT2D eigenvalue weighted by molar-refractivity contribution is 5.75. The number of carbonyl (C=O) groups excluding carboxylic acids is 1. The molecule has 108 valence electrons. The zero-order valence-corrected chi connectivity index (χ0v) is 12.5. The Labute approximate surface area is 112 Å². The SMILES string of the molecule is CC(C)(C)Cc1oc(=O)oc1COC(=O)C(C)(C)C. The standard InChI is InChI=1S/C14H22O5/c1-13(2,3)7-9-10(19-12(16)18-9)8-17-11(15)14(4,5)6/h7-8H2,1-6H3. The van der Waals surface area contributed by atoms with Crippen LogP contribution in [0.15, 0.2) is 13.6 Å². The summed E-state index contributed by atoms with van der Waals surface area (Å²) in [6.07, 6.45) is 0.543. The van der Waals surface area contributed by atoms with E-state index in [-0.39, 0.29) is 23.8 Å². The number of ether oxygens (including phenoxy) is 1. The van der Waals surface area contributed by atoms with Crippen LogP contribution in [-0.4, -0.2) is 5.97 Å². The molecule has 0 radical (unpaired) electrons. The van der Waals surface area contributed by atoms with Crippen molar-refractivity contribution in [1.82, 2.24) is 0 Å². The zero-order valence-electron chi connectivity index (χ0n) is 12.5. The van der Waals surface area contributed by atoms with Gasteiger partial charge in [0.05, 0.1) is 5.41 Å². The van der Waals surface area contributed by atoms with Gasteiger partial charge < -0.3 is 13.6 Å². The third kappa shape index (κ3) is 4.93. The summed E-state index contributed by atoms with van der Waals surface area (Å²) in [6.45, 7) is 11.3. The van der Waals surface area contributed by atoms with E-state index < -0.39 is 11.2 Å². The molecule has 0 saturated carbocycles. The Morgan fingerprint density at radius 3 is 2.05 bits per heavy atom. The smallest absolute Gasteiger partial charge is 0.457 e. The normalized spacial score (nSPS) is 12.5. The van der Waals surface area contributed by atoms with Crippen LogP contribution < -0.4 is 5.82 Å². The fraction of sp³-hybridized carbons (Fsp3) is 0.714. The van der Waals surface area contributed by atoms with Gasteiger partial charge in [-0.2, -0.15) is 0 Å². The van der Waals surface area contributed by atoms with Gasteiger partial charge in [-0.25, -0.2) is 4.79 Å². The van der Waals surface area contributed by atoms with E-state index in [4.69, 9.17) is 13.6 Å². The van der Waals surface area contributed by atoms with Crippen LogP contribution in [-0.2, 0) is 22.6 Å². The predicted molar refractivity (Wildman–Crippen MR) is 69.7 cm³/mol. The fourth-order valence-corrected chi connectivity index (χ4v) is 1.41. The van der Waals surface area contributed by atoms with Gasteiger partial charge in [0.15, 0.2) is 18.1 Å². The van der Waals surface area contributed by atoms with Crippen LogP contribution in [0, 0.1) is 10.8 Å². The molecule has 5 nitrogen and oxygen atoms in total. The van der Waals surface area contributed by atoms with E-state index in [1.165, 1.54) is 0 Å². The summed E-state index contributed by atoms with van der Waals surface area (Å²) in [6, 6.07) is 0. The minimum atomic E-state index is -0.763. The maximum atomic E-state index is 11.7. The van der Waals surface area contributed by atoms with Crippen LogP contribution in [0.3, 0.4) is 0 Å². The first-order chi connectivity index (χ1) is 8.49. The van der Waals surface area contributed by atoms with Crippen molar-refractivity contribution in [3.63, 3.8) is 0 Å². The fourth-order valence-electron chi connectivity index (χ4n) is 1.41. The molecule has 0 saturated heterocycles. The van der Waals surface area contributed by atoms with Crippen LogP contribution in [0.5, 0.6) is 0 Å². The molecule has 0 bridgehead atoms. The molecule has 0 aromatic carbocycles. The van der Waals surface area contributed by atoms with Gasteiger partial charge in [-0.05, 0) is 26.2 Å². The number of rotatable bonds is 3. The minimum Gasteiger partial charge on any atom is -0.457 e. The van der Waals surface area contributed by atoms with E-state index in [0.717, 1.165) is 0 Å². The van der Waals surface area contributed by atoms with Gasteiger partial charge in [0, 0.05) is 6.42 Å². The van der Waals surface area contributed by atoms with Crippen LogP contribution in [0.25, 0.3) is 0 Å². The lowest BCUT2D eigenvalue weighted by atomic mass is 9.90. The molecule has 0 fully saturated rings. The van der Waals surface area contributed by atoms with Crippen molar-refractivity contribution in [2.45, 2.75) is 54.6 Å². The largest absolute Gasteiger partial charge is 0.519 e. The van der Waals surface area contributed by atoms with Crippen LogP contribution in [0.2, 0.25) is 0 Å². The molecule has 5 heteroatoms. The second-order valence-corrected chi connectivity index (χ2v) is 6.86. The molecule has 0 atom stereocenters. The van der Waals surface area contributed by atoms with Gasteiger partial charge >= 0.3 is 11.8 Å². The molecule has 0 N–H and O–H groups in total. The van der Waals surface area contributed by atoms with Crippen molar-refractivity contribution in [1.29, 1.82) is 0 Å². The van der Waals surface area contributed by atoms with Crippen LogP contribution in [0.1, 0.15) is 53.1 Å². The summed E-state index contributed by atoms with van der Waals surface area (Å²) < 4.78 is 15.0. The number of hydrogen-bond acceptors (Lipinski definition) is 5. The summed E-state index contributed by atoms with van der Waals surface area (Å²) >= 11 is 0. The van der Waals surface area contributed by atoms with E-state index in [1.54, 1.807) is 20.8 Å². The van der Waals surface area contributed by atoms with Gasteiger partial charge in [-0.3, -0.25) is 4.79 Å². The van der Waals surface area contributed by atoms with Crippen molar-refractivity contribution in [3.05, 3.63) is 22.1 Å². The molecule has 1 rings (SSSR count). The lowest BCUT2D eigenvalue weighted by Gasteiger charge is -2.17. The molecule has 0 amide bonds. The molecule has 1 heterocycles. The van der Waals surface area contributed by atoms with Gasteiger partial charge in [0.1, 0.15) is 0 Å². The Morgan fingerprint density at radius 1 is 1.05 bits per heavy atom. The van der Waals surface area contributed by atoms with Crippen LogP contribution >= 0.6 is 0 Å².